The molecule has 0 aromatic rings. The van der Waals surface area contributed by atoms with Crippen molar-refractivity contribution in [2.24, 2.45) is 11.8 Å². The molecule has 112 valence electrons. The van der Waals surface area contributed by atoms with Gasteiger partial charge in [-0.3, -0.25) is 9.59 Å². The zero-order valence-corrected chi connectivity index (χ0v) is 12.0. The molecule has 2 N–H and O–H groups in total. The van der Waals surface area contributed by atoms with E-state index in [0.717, 1.165) is 12.8 Å². The second-order valence-corrected chi connectivity index (χ2v) is 4.52. The maximum atomic E-state index is 11.6. The lowest BCUT2D eigenvalue weighted by molar-refractivity contribution is -0.146. The van der Waals surface area contributed by atoms with Crippen molar-refractivity contribution in [1.82, 2.24) is 5.32 Å². The van der Waals surface area contributed by atoms with E-state index in [2.05, 4.69) is 5.32 Å². The van der Waals surface area contributed by atoms with Crippen LogP contribution in [0.3, 0.4) is 0 Å². The molecule has 0 aromatic heterocycles. The van der Waals surface area contributed by atoms with Gasteiger partial charge in [-0.1, -0.05) is 13.8 Å². The van der Waals surface area contributed by atoms with Gasteiger partial charge in [0.1, 0.15) is 0 Å². The van der Waals surface area contributed by atoms with E-state index < -0.39 is 17.8 Å². The molecule has 0 aliphatic carbocycles. The van der Waals surface area contributed by atoms with E-state index in [-0.39, 0.29) is 5.91 Å². The van der Waals surface area contributed by atoms with E-state index in [0.29, 0.717) is 26.4 Å². The summed E-state index contributed by atoms with van der Waals surface area (Å²) in [4.78, 5) is 22.4. The van der Waals surface area contributed by atoms with Crippen molar-refractivity contribution < 1.29 is 24.2 Å². The van der Waals surface area contributed by atoms with Crippen molar-refractivity contribution >= 4 is 11.9 Å². The number of rotatable bonds is 11. The van der Waals surface area contributed by atoms with Crippen LogP contribution in [-0.4, -0.2) is 50.5 Å². The van der Waals surface area contributed by atoms with Crippen molar-refractivity contribution in [3.05, 3.63) is 0 Å². The van der Waals surface area contributed by atoms with Crippen LogP contribution < -0.4 is 5.32 Å². The molecule has 0 aliphatic rings. The third-order valence-corrected chi connectivity index (χ3v) is 3.00. The summed E-state index contributed by atoms with van der Waals surface area (Å²) in [7, 11) is 1.62. The van der Waals surface area contributed by atoms with Crippen LogP contribution in [0.4, 0.5) is 0 Å². The highest BCUT2D eigenvalue weighted by Gasteiger charge is 2.25. The lowest BCUT2D eigenvalue weighted by Gasteiger charge is -2.15. The summed E-state index contributed by atoms with van der Waals surface area (Å²) in [5, 5.41) is 11.5. The number of aliphatic carboxylic acids is 1. The minimum absolute atomic E-state index is 0.213. The van der Waals surface area contributed by atoms with Crippen LogP contribution >= 0.6 is 0 Å². The molecule has 19 heavy (non-hydrogen) atoms. The molecule has 2 unspecified atom stereocenters. The second-order valence-electron chi connectivity index (χ2n) is 4.52. The summed E-state index contributed by atoms with van der Waals surface area (Å²) < 4.78 is 10.1. The highest BCUT2D eigenvalue weighted by atomic mass is 16.5. The summed E-state index contributed by atoms with van der Waals surface area (Å²) >= 11 is 0. The SMILES string of the molecule is COCCOCCCCNC(=O)C(C)C(C)C(=O)O. The van der Waals surface area contributed by atoms with Crippen molar-refractivity contribution in [3.63, 3.8) is 0 Å². The van der Waals surface area contributed by atoms with Gasteiger partial charge >= 0.3 is 5.97 Å². The molecule has 0 aliphatic heterocycles. The smallest absolute Gasteiger partial charge is 0.307 e. The van der Waals surface area contributed by atoms with E-state index in [1.165, 1.54) is 6.92 Å². The van der Waals surface area contributed by atoms with Crippen molar-refractivity contribution in [2.75, 3.05) is 33.5 Å². The number of carbonyl (C=O) groups is 2. The number of amides is 1. The summed E-state index contributed by atoms with van der Waals surface area (Å²) in [5.41, 5.74) is 0. The molecule has 1 amide bonds. The molecule has 0 spiro atoms. The molecule has 6 nitrogen and oxygen atoms in total. The minimum atomic E-state index is -0.950. The van der Waals surface area contributed by atoms with Gasteiger partial charge in [0.15, 0.2) is 0 Å². The fourth-order valence-corrected chi connectivity index (χ4v) is 1.39. The maximum Gasteiger partial charge on any atom is 0.307 e. The van der Waals surface area contributed by atoms with Crippen LogP contribution in [0.5, 0.6) is 0 Å². The Morgan fingerprint density at radius 3 is 2.37 bits per heavy atom. The Morgan fingerprint density at radius 2 is 1.79 bits per heavy atom. The fourth-order valence-electron chi connectivity index (χ4n) is 1.39. The first-order chi connectivity index (χ1) is 9.00. The van der Waals surface area contributed by atoms with Gasteiger partial charge in [0.05, 0.1) is 19.1 Å². The van der Waals surface area contributed by atoms with Crippen LogP contribution in [-0.2, 0) is 19.1 Å². The predicted octanol–water partition coefficient (Wildman–Crippen LogP) is 0.903. The second kappa shape index (κ2) is 10.8. The average Bonchev–Trinajstić information content (AvgIpc) is 2.39. The first-order valence-electron chi connectivity index (χ1n) is 6.58. The van der Waals surface area contributed by atoms with E-state index >= 15 is 0 Å². The first-order valence-corrected chi connectivity index (χ1v) is 6.58. The summed E-state index contributed by atoms with van der Waals surface area (Å²) in [6.45, 7) is 5.51. The Hall–Kier alpha value is -1.14. The monoisotopic (exact) mass is 275 g/mol. The number of hydrogen-bond donors (Lipinski definition) is 2. The third-order valence-electron chi connectivity index (χ3n) is 3.00. The van der Waals surface area contributed by atoms with Gasteiger partial charge in [-0.15, -0.1) is 0 Å². The molecule has 6 heteroatoms. The predicted molar refractivity (Wildman–Crippen MR) is 70.9 cm³/mol. The van der Waals surface area contributed by atoms with Crippen LogP contribution in [0.25, 0.3) is 0 Å². The van der Waals surface area contributed by atoms with Gasteiger partial charge in [-0.2, -0.15) is 0 Å². The summed E-state index contributed by atoms with van der Waals surface area (Å²) in [6.07, 6.45) is 1.67. The molecule has 0 saturated carbocycles. The zero-order valence-electron chi connectivity index (χ0n) is 12.0. The number of carbonyl (C=O) groups excluding carboxylic acids is 1. The number of methoxy groups -OCH3 is 1. The van der Waals surface area contributed by atoms with Gasteiger partial charge in [0.2, 0.25) is 5.91 Å². The topological polar surface area (TPSA) is 84.9 Å². The molecule has 0 aromatic carbocycles. The van der Waals surface area contributed by atoms with Crippen LogP contribution in [0.1, 0.15) is 26.7 Å². The van der Waals surface area contributed by atoms with Crippen LogP contribution in [0.15, 0.2) is 0 Å². The van der Waals surface area contributed by atoms with Crippen molar-refractivity contribution in [2.45, 2.75) is 26.7 Å². The number of carboxylic acids is 1. The van der Waals surface area contributed by atoms with Gasteiger partial charge in [0, 0.05) is 26.2 Å². The van der Waals surface area contributed by atoms with Crippen LogP contribution in [0.2, 0.25) is 0 Å². The normalized spacial score (nSPS) is 13.8. The molecule has 0 heterocycles. The van der Waals surface area contributed by atoms with E-state index in [4.69, 9.17) is 14.6 Å². The molecule has 2 atom stereocenters. The highest BCUT2D eigenvalue weighted by Crippen LogP contribution is 2.10. The highest BCUT2D eigenvalue weighted by molar-refractivity contribution is 5.84. The number of nitrogens with one attached hydrogen (secondary N) is 1. The average molecular weight is 275 g/mol. The standard InChI is InChI=1S/C13H25NO5/c1-10(11(2)13(16)17)12(15)14-6-4-5-7-19-9-8-18-3/h10-11H,4-9H2,1-3H3,(H,14,15)(H,16,17). The van der Waals surface area contributed by atoms with Crippen LogP contribution in [0, 0.1) is 11.8 Å². The first kappa shape index (κ1) is 17.9. The molecule has 0 radical (unpaired) electrons. The third kappa shape index (κ3) is 8.56. The van der Waals surface area contributed by atoms with Gasteiger partial charge in [-0.05, 0) is 12.8 Å². The summed E-state index contributed by atoms with van der Waals surface area (Å²) in [5.74, 6) is -2.35. The Balaban J connectivity index is 3.55. The van der Waals surface area contributed by atoms with E-state index in [1.54, 1.807) is 14.0 Å². The number of hydrogen-bond acceptors (Lipinski definition) is 4. The number of ether oxygens (including phenoxy) is 2. The summed E-state index contributed by atoms with van der Waals surface area (Å²) in [6, 6.07) is 0. The molecular weight excluding hydrogens is 250 g/mol. The largest absolute Gasteiger partial charge is 0.481 e. The van der Waals surface area contributed by atoms with E-state index in [1.807, 2.05) is 0 Å². The molecule has 0 fully saturated rings. The maximum absolute atomic E-state index is 11.6. The number of unbranched alkanes of at least 4 members (excludes halogenated alkanes) is 1. The Bertz CT molecular complexity index is 270. The molecular formula is C13H25NO5. The lowest BCUT2D eigenvalue weighted by Crippen LogP contribution is -2.35. The quantitative estimate of drug-likeness (QED) is 0.547. The number of carboxylic acid groups (broad SMARTS) is 1. The lowest BCUT2D eigenvalue weighted by atomic mass is 9.95. The molecule has 0 saturated heterocycles. The molecule has 0 rings (SSSR count). The Labute approximate surface area is 114 Å². The minimum Gasteiger partial charge on any atom is -0.481 e. The van der Waals surface area contributed by atoms with Crippen molar-refractivity contribution in [3.8, 4) is 0 Å². The Kier molecular flexibility index (Phi) is 10.1. The van der Waals surface area contributed by atoms with Gasteiger partial charge < -0.3 is 19.9 Å². The fraction of sp³-hybridized carbons (Fsp3) is 0.846. The van der Waals surface area contributed by atoms with Gasteiger partial charge in [0.25, 0.3) is 0 Å². The van der Waals surface area contributed by atoms with E-state index in [9.17, 15) is 9.59 Å². The molecule has 0 bridgehead atoms. The van der Waals surface area contributed by atoms with Crippen molar-refractivity contribution in [1.29, 1.82) is 0 Å². The van der Waals surface area contributed by atoms with Gasteiger partial charge in [-0.25, -0.2) is 0 Å². The zero-order chi connectivity index (χ0) is 14.7. The Morgan fingerprint density at radius 1 is 1.11 bits per heavy atom.